The molecule has 4 rings (SSSR count). The lowest BCUT2D eigenvalue weighted by molar-refractivity contribution is -0.130. The summed E-state index contributed by atoms with van der Waals surface area (Å²) < 4.78 is 37.2. The molecule has 0 saturated heterocycles. The molecule has 1 atom stereocenters. The molecule has 0 bridgehead atoms. The Kier molecular flexibility index (Phi) is 9.94. The number of nitrogens with two attached hydrogens (primary N) is 1. The van der Waals surface area contributed by atoms with Gasteiger partial charge in [0.1, 0.15) is 0 Å². The maximum atomic E-state index is 14.8. The Balaban J connectivity index is 1.47. The normalized spacial score (nSPS) is 16.0. The smallest absolute Gasteiger partial charge is 0.219 e. The molecule has 208 valence electrons. The van der Waals surface area contributed by atoms with Crippen molar-refractivity contribution in [3.63, 3.8) is 0 Å². The molecule has 0 saturated carbocycles. The van der Waals surface area contributed by atoms with Gasteiger partial charge in [-0.15, -0.1) is 11.3 Å². The summed E-state index contributed by atoms with van der Waals surface area (Å²) >= 11 is 1.52. The van der Waals surface area contributed by atoms with Gasteiger partial charge in [0, 0.05) is 50.6 Å². The number of fused-ring (bicyclic) bond motifs is 1. The van der Waals surface area contributed by atoms with E-state index < -0.39 is 11.4 Å². The van der Waals surface area contributed by atoms with Crippen molar-refractivity contribution < 1.29 is 28.1 Å². The number of hydrogen-bond donors (Lipinski definition) is 2. The summed E-state index contributed by atoms with van der Waals surface area (Å²) in [7, 11) is 1.63. The van der Waals surface area contributed by atoms with Gasteiger partial charge in [0.05, 0.1) is 43.6 Å². The van der Waals surface area contributed by atoms with E-state index in [4.69, 9.17) is 24.7 Å². The van der Waals surface area contributed by atoms with Gasteiger partial charge in [0.2, 0.25) is 5.91 Å². The summed E-state index contributed by atoms with van der Waals surface area (Å²) in [6.45, 7) is 4.86. The molecule has 8 nitrogen and oxygen atoms in total. The predicted octanol–water partition coefficient (Wildman–Crippen LogP) is 4.76. The second-order valence-corrected chi connectivity index (χ2v) is 9.94. The fraction of sp³-hybridized carbons (Fsp3) is 0.345. The number of thiophene rings is 1. The Labute approximate surface area is 232 Å². The van der Waals surface area contributed by atoms with Crippen LogP contribution in [0.2, 0.25) is 0 Å². The third-order valence-electron chi connectivity index (χ3n) is 6.30. The molecule has 1 aliphatic rings. The standard InChI is InChI=1S/C29H34FN3O5S/c1-21(34)33(12-13-36-16-17-37-15-14-35-2)20-22-3-5-23(6-4-22)29(10-11-32-26-9-18-39-28(26)29)38-27-8-7-24(31)19-25(27)30/h3-11,18-19,32H,12-17,20,31H2,1-2H3. The van der Waals surface area contributed by atoms with E-state index in [1.807, 2.05) is 41.8 Å². The number of rotatable bonds is 14. The second kappa shape index (κ2) is 13.6. The highest BCUT2D eigenvalue weighted by molar-refractivity contribution is 7.10. The van der Waals surface area contributed by atoms with Crippen LogP contribution in [0.3, 0.4) is 0 Å². The zero-order valence-electron chi connectivity index (χ0n) is 22.2. The van der Waals surface area contributed by atoms with Crippen molar-refractivity contribution in [2.45, 2.75) is 19.1 Å². The summed E-state index contributed by atoms with van der Waals surface area (Å²) in [5, 5.41) is 5.20. The van der Waals surface area contributed by atoms with Crippen molar-refractivity contribution in [2.24, 2.45) is 0 Å². The van der Waals surface area contributed by atoms with Crippen LogP contribution in [0, 0.1) is 5.82 Å². The molecule has 0 aliphatic carbocycles. The van der Waals surface area contributed by atoms with Gasteiger partial charge in [-0.05, 0) is 35.2 Å². The maximum Gasteiger partial charge on any atom is 0.219 e. The lowest BCUT2D eigenvalue weighted by Gasteiger charge is -2.35. The van der Waals surface area contributed by atoms with E-state index in [2.05, 4.69) is 5.32 Å². The third-order valence-corrected chi connectivity index (χ3v) is 7.33. The van der Waals surface area contributed by atoms with Crippen molar-refractivity contribution in [3.05, 3.63) is 88.0 Å². The lowest BCUT2D eigenvalue weighted by atomic mass is 9.88. The number of nitrogens with zero attached hydrogens (tertiary/aromatic N) is 1. The SMILES string of the molecule is COCCOCCOCCN(Cc1ccc(C2(Oc3ccc(N)cc3F)C=CNc3ccsc32)cc1)C(C)=O. The quantitative estimate of drug-likeness (QED) is 0.219. The topological polar surface area (TPSA) is 95.3 Å². The van der Waals surface area contributed by atoms with Gasteiger partial charge in [0.15, 0.2) is 17.2 Å². The predicted molar refractivity (Wildman–Crippen MR) is 150 cm³/mol. The first-order valence-corrected chi connectivity index (χ1v) is 13.6. The van der Waals surface area contributed by atoms with E-state index >= 15 is 0 Å². The number of anilines is 2. The first-order chi connectivity index (χ1) is 18.9. The van der Waals surface area contributed by atoms with E-state index in [-0.39, 0.29) is 11.7 Å². The molecule has 1 unspecified atom stereocenters. The number of amides is 1. The average molecular weight is 556 g/mol. The summed E-state index contributed by atoms with van der Waals surface area (Å²) in [5.41, 5.74) is 7.71. The number of nitrogens with one attached hydrogen (secondary N) is 1. The van der Waals surface area contributed by atoms with Gasteiger partial charge in [0.25, 0.3) is 0 Å². The van der Waals surface area contributed by atoms with Crippen molar-refractivity contribution in [1.82, 2.24) is 4.90 Å². The number of nitrogen functional groups attached to an aromatic ring is 1. The van der Waals surface area contributed by atoms with E-state index in [9.17, 15) is 9.18 Å². The average Bonchev–Trinajstić information content (AvgIpc) is 3.42. The molecule has 2 aromatic carbocycles. The minimum Gasteiger partial charge on any atom is -0.470 e. The van der Waals surface area contributed by atoms with Crippen LogP contribution in [-0.2, 0) is 31.2 Å². The van der Waals surface area contributed by atoms with Crippen molar-refractivity contribution in [2.75, 3.05) is 57.7 Å². The molecule has 0 radical (unpaired) electrons. The molecule has 1 aromatic heterocycles. The van der Waals surface area contributed by atoms with E-state index in [0.717, 1.165) is 21.7 Å². The van der Waals surface area contributed by atoms with Gasteiger partial charge >= 0.3 is 0 Å². The minimum absolute atomic E-state index is 0.0397. The van der Waals surface area contributed by atoms with Gasteiger partial charge < -0.3 is 34.9 Å². The Morgan fingerprint density at radius 1 is 1.05 bits per heavy atom. The Hall–Kier alpha value is -3.44. The molecular weight excluding hydrogens is 521 g/mol. The lowest BCUT2D eigenvalue weighted by Crippen LogP contribution is -2.35. The molecule has 3 aromatic rings. The molecule has 2 heterocycles. The van der Waals surface area contributed by atoms with Crippen LogP contribution in [-0.4, -0.2) is 57.5 Å². The van der Waals surface area contributed by atoms with Gasteiger partial charge in [-0.1, -0.05) is 24.3 Å². The van der Waals surface area contributed by atoms with Crippen LogP contribution >= 0.6 is 11.3 Å². The number of carbonyl (C=O) groups is 1. The van der Waals surface area contributed by atoms with Crippen LogP contribution < -0.4 is 15.8 Å². The summed E-state index contributed by atoms with van der Waals surface area (Å²) in [4.78, 5) is 14.9. The van der Waals surface area contributed by atoms with Crippen LogP contribution in [0.25, 0.3) is 0 Å². The molecule has 10 heteroatoms. The van der Waals surface area contributed by atoms with E-state index in [0.29, 0.717) is 51.8 Å². The summed E-state index contributed by atoms with van der Waals surface area (Å²) in [5.74, 6) is -0.468. The number of benzene rings is 2. The molecule has 0 spiro atoms. The fourth-order valence-electron chi connectivity index (χ4n) is 4.24. The molecule has 1 aliphatic heterocycles. The van der Waals surface area contributed by atoms with Gasteiger partial charge in [-0.2, -0.15) is 0 Å². The van der Waals surface area contributed by atoms with Crippen LogP contribution in [0.5, 0.6) is 5.75 Å². The summed E-state index contributed by atoms with van der Waals surface area (Å²) in [6.07, 6.45) is 3.69. The molecular formula is C29H34FN3O5S. The first-order valence-electron chi connectivity index (χ1n) is 12.7. The molecule has 1 amide bonds. The highest BCUT2D eigenvalue weighted by atomic mass is 32.1. The maximum absolute atomic E-state index is 14.8. The van der Waals surface area contributed by atoms with Gasteiger partial charge in [-0.25, -0.2) is 4.39 Å². The van der Waals surface area contributed by atoms with E-state index in [1.54, 1.807) is 37.3 Å². The van der Waals surface area contributed by atoms with Crippen molar-refractivity contribution in [1.29, 1.82) is 0 Å². The molecule has 3 N–H and O–H groups in total. The van der Waals surface area contributed by atoms with Crippen molar-refractivity contribution in [3.8, 4) is 5.75 Å². The monoisotopic (exact) mass is 555 g/mol. The highest BCUT2D eigenvalue weighted by Gasteiger charge is 2.40. The van der Waals surface area contributed by atoms with Gasteiger partial charge in [-0.3, -0.25) is 4.79 Å². The number of carbonyl (C=O) groups excluding carboxylic acids is 1. The zero-order valence-corrected chi connectivity index (χ0v) is 23.0. The Morgan fingerprint density at radius 3 is 2.51 bits per heavy atom. The second-order valence-electron chi connectivity index (χ2n) is 9.02. The first kappa shape index (κ1) is 28.6. The zero-order chi connectivity index (χ0) is 27.7. The largest absolute Gasteiger partial charge is 0.470 e. The third kappa shape index (κ3) is 7.15. The van der Waals surface area contributed by atoms with Crippen LogP contribution in [0.15, 0.2) is 66.2 Å². The van der Waals surface area contributed by atoms with Crippen molar-refractivity contribution >= 4 is 28.6 Å². The van der Waals surface area contributed by atoms with Crippen LogP contribution in [0.1, 0.15) is 22.9 Å². The number of halogens is 1. The number of methoxy groups -OCH3 is 1. The Bertz CT molecular complexity index is 1270. The number of ether oxygens (including phenoxy) is 4. The fourth-order valence-corrected chi connectivity index (χ4v) is 5.24. The summed E-state index contributed by atoms with van der Waals surface area (Å²) in [6, 6.07) is 14.2. The molecule has 0 fully saturated rings. The minimum atomic E-state index is -1.04. The number of hydrogen-bond acceptors (Lipinski definition) is 8. The highest BCUT2D eigenvalue weighted by Crippen LogP contribution is 2.45. The van der Waals surface area contributed by atoms with E-state index in [1.165, 1.54) is 17.4 Å². The van der Waals surface area contributed by atoms with Crippen LogP contribution in [0.4, 0.5) is 15.8 Å². The Morgan fingerprint density at radius 2 is 1.79 bits per heavy atom. The molecule has 39 heavy (non-hydrogen) atoms.